The molecule has 0 atom stereocenters. The van der Waals surface area contributed by atoms with E-state index >= 15 is 0 Å². The molecule has 0 spiro atoms. The zero-order valence-corrected chi connectivity index (χ0v) is 15.8. The van der Waals surface area contributed by atoms with Crippen molar-refractivity contribution in [3.05, 3.63) is 58.5 Å². The summed E-state index contributed by atoms with van der Waals surface area (Å²) in [6, 6.07) is 11.2. The van der Waals surface area contributed by atoms with Gasteiger partial charge in [0.25, 0.3) is 5.91 Å². The van der Waals surface area contributed by atoms with Crippen molar-refractivity contribution in [1.29, 1.82) is 0 Å². The number of rotatable bonds is 5. The lowest BCUT2D eigenvalue weighted by Gasteiger charge is -2.15. The molecule has 0 aromatic heterocycles. The van der Waals surface area contributed by atoms with E-state index in [4.69, 9.17) is 22.1 Å². The van der Waals surface area contributed by atoms with Gasteiger partial charge in [-0.2, -0.15) is 0 Å². The monoisotopic (exact) mass is 401 g/mol. The lowest BCUT2D eigenvalue weighted by atomic mass is 10.1. The Morgan fingerprint density at radius 2 is 1.96 bits per heavy atom. The highest BCUT2D eigenvalue weighted by atomic mass is 32.2. The minimum atomic E-state index is -1.29. The van der Waals surface area contributed by atoms with E-state index in [1.165, 1.54) is 23.1 Å². The number of phenols is 1. The molecule has 2 aromatic carbocycles. The van der Waals surface area contributed by atoms with Crippen LogP contribution in [0.5, 0.6) is 11.5 Å². The fourth-order valence-corrected chi connectivity index (χ4v) is 3.80. The number of hydrogen-bond acceptors (Lipinski definition) is 6. The molecule has 0 saturated carbocycles. The van der Waals surface area contributed by atoms with Gasteiger partial charge in [-0.05, 0) is 48.9 Å². The number of carbonyl (C=O) groups excluding carboxylic acids is 1. The fourth-order valence-electron chi connectivity index (χ4n) is 2.50. The van der Waals surface area contributed by atoms with Crippen molar-refractivity contribution in [1.82, 2.24) is 0 Å². The van der Waals surface area contributed by atoms with Crippen LogP contribution in [0.25, 0.3) is 6.08 Å². The lowest BCUT2D eigenvalue weighted by molar-refractivity contribution is -0.113. The van der Waals surface area contributed by atoms with Gasteiger partial charge in [0.05, 0.1) is 17.2 Å². The summed E-state index contributed by atoms with van der Waals surface area (Å²) in [5.74, 6) is -1.26. The molecule has 1 heterocycles. The summed E-state index contributed by atoms with van der Waals surface area (Å²) in [6.07, 6.45) is 1.72. The lowest BCUT2D eigenvalue weighted by Crippen LogP contribution is -2.27. The van der Waals surface area contributed by atoms with E-state index in [-0.39, 0.29) is 17.2 Å². The topological polar surface area (TPSA) is 87.1 Å². The number of thiocarbonyl (C=S) groups is 1. The van der Waals surface area contributed by atoms with Crippen LogP contribution in [0, 0.1) is 0 Å². The minimum Gasteiger partial charge on any atom is -0.507 e. The molecule has 2 N–H and O–H groups in total. The number of hydrogen-bond donors (Lipinski definition) is 2. The molecule has 1 aliphatic heterocycles. The Bertz CT molecular complexity index is 953. The molecular weight excluding hydrogens is 386 g/mol. The van der Waals surface area contributed by atoms with Crippen LogP contribution in [0.3, 0.4) is 0 Å². The zero-order chi connectivity index (χ0) is 19.6. The average molecular weight is 401 g/mol. The first-order chi connectivity index (χ1) is 12.9. The van der Waals surface area contributed by atoms with Gasteiger partial charge in [0, 0.05) is 0 Å². The third kappa shape index (κ3) is 3.96. The van der Waals surface area contributed by atoms with Crippen molar-refractivity contribution >= 4 is 51.9 Å². The van der Waals surface area contributed by atoms with Crippen LogP contribution in [-0.2, 0) is 4.79 Å². The Labute approximate surface area is 165 Å². The summed E-state index contributed by atoms with van der Waals surface area (Å²) in [7, 11) is 0. The Morgan fingerprint density at radius 1 is 1.26 bits per heavy atom. The first-order valence-electron chi connectivity index (χ1n) is 7.98. The molecule has 138 valence electrons. The van der Waals surface area contributed by atoms with Gasteiger partial charge in [-0.1, -0.05) is 36.1 Å². The van der Waals surface area contributed by atoms with Gasteiger partial charge in [0.15, 0.2) is 4.32 Å². The number of carbonyl (C=O) groups is 2. The molecule has 0 aliphatic carbocycles. The number of thioether (sulfide) groups is 1. The van der Waals surface area contributed by atoms with Crippen LogP contribution >= 0.6 is 24.0 Å². The number of benzene rings is 2. The van der Waals surface area contributed by atoms with E-state index in [2.05, 4.69) is 0 Å². The summed E-state index contributed by atoms with van der Waals surface area (Å²) in [5.41, 5.74) is 0.815. The predicted molar refractivity (Wildman–Crippen MR) is 108 cm³/mol. The maximum absolute atomic E-state index is 12.8. The number of carboxylic acids is 1. The molecule has 1 aliphatic rings. The van der Waals surface area contributed by atoms with Crippen molar-refractivity contribution in [3.8, 4) is 11.5 Å². The Hall–Kier alpha value is -2.84. The Kier molecular flexibility index (Phi) is 5.48. The number of ether oxygens (including phenoxy) is 1. The summed E-state index contributed by atoms with van der Waals surface area (Å²) in [6.45, 7) is 2.47. The standard InChI is InChI=1S/C19H15NO5S2/c1-2-25-13-6-3-11(4-7-13)9-16-17(22)20(19(26)27-16)12-5-8-15(21)14(10-12)18(23)24/h3-10,21H,2H2,1H3,(H,23,24). The summed E-state index contributed by atoms with van der Waals surface area (Å²) < 4.78 is 5.68. The van der Waals surface area contributed by atoms with Crippen LogP contribution < -0.4 is 9.64 Å². The van der Waals surface area contributed by atoms with E-state index in [9.17, 15) is 14.7 Å². The molecule has 6 nitrogen and oxygen atoms in total. The minimum absolute atomic E-state index is 0.291. The smallest absolute Gasteiger partial charge is 0.339 e. The zero-order valence-electron chi connectivity index (χ0n) is 14.2. The SMILES string of the molecule is CCOc1ccc(C=C2SC(=S)N(c3ccc(O)c(C(=O)O)c3)C2=O)cc1. The molecule has 8 heteroatoms. The average Bonchev–Trinajstić information content (AvgIpc) is 2.91. The van der Waals surface area contributed by atoms with Crippen LogP contribution in [0.4, 0.5) is 5.69 Å². The second kappa shape index (κ2) is 7.81. The van der Waals surface area contributed by atoms with Crippen molar-refractivity contribution in [2.24, 2.45) is 0 Å². The van der Waals surface area contributed by atoms with E-state index in [0.717, 1.165) is 23.1 Å². The van der Waals surface area contributed by atoms with Crippen LogP contribution in [0.2, 0.25) is 0 Å². The van der Waals surface area contributed by atoms with Crippen molar-refractivity contribution in [3.63, 3.8) is 0 Å². The maximum atomic E-state index is 12.8. The highest BCUT2D eigenvalue weighted by molar-refractivity contribution is 8.27. The van der Waals surface area contributed by atoms with Gasteiger partial charge in [-0.15, -0.1) is 0 Å². The number of aromatic carboxylic acids is 1. The highest BCUT2D eigenvalue weighted by Crippen LogP contribution is 2.37. The van der Waals surface area contributed by atoms with Crippen LogP contribution in [-0.4, -0.2) is 33.0 Å². The van der Waals surface area contributed by atoms with Crippen molar-refractivity contribution in [2.75, 3.05) is 11.5 Å². The molecular formula is C19H15NO5S2. The number of aromatic hydroxyl groups is 1. The molecule has 1 amide bonds. The normalized spacial score (nSPS) is 15.4. The van der Waals surface area contributed by atoms with Gasteiger partial charge in [0.1, 0.15) is 17.1 Å². The van der Waals surface area contributed by atoms with Crippen molar-refractivity contribution < 1.29 is 24.5 Å². The largest absolute Gasteiger partial charge is 0.507 e. The molecule has 1 fully saturated rings. The molecule has 0 bridgehead atoms. The van der Waals surface area contributed by atoms with E-state index < -0.39 is 5.97 Å². The number of anilines is 1. The Morgan fingerprint density at radius 3 is 2.59 bits per heavy atom. The second-order valence-electron chi connectivity index (χ2n) is 5.53. The van der Waals surface area contributed by atoms with Crippen LogP contribution in [0.1, 0.15) is 22.8 Å². The summed E-state index contributed by atoms with van der Waals surface area (Å²) in [4.78, 5) is 25.7. The first-order valence-corrected chi connectivity index (χ1v) is 9.20. The second-order valence-corrected chi connectivity index (χ2v) is 7.20. The molecule has 2 aromatic rings. The summed E-state index contributed by atoms with van der Waals surface area (Å²) >= 11 is 6.42. The summed E-state index contributed by atoms with van der Waals surface area (Å²) in [5, 5.41) is 18.8. The highest BCUT2D eigenvalue weighted by Gasteiger charge is 2.33. The van der Waals surface area contributed by atoms with Gasteiger partial charge < -0.3 is 14.9 Å². The van der Waals surface area contributed by atoms with E-state index in [1.807, 2.05) is 31.2 Å². The van der Waals surface area contributed by atoms with Gasteiger partial charge in [-0.25, -0.2) is 4.79 Å². The fraction of sp³-hybridized carbons (Fsp3) is 0.105. The quantitative estimate of drug-likeness (QED) is 0.580. The number of nitrogens with zero attached hydrogens (tertiary/aromatic N) is 1. The van der Waals surface area contributed by atoms with Gasteiger partial charge in [-0.3, -0.25) is 9.69 Å². The van der Waals surface area contributed by atoms with Crippen LogP contribution in [0.15, 0.2) is 47.4 Å². The molecule has 3 rings (SSSR count). The van der Waals surface area contributed by atoms with E-state index in [0.29, 0.717) is 21.5 Å². The Balaban J connectivity index is 1.89. The third-order valence-electron chi connectivity index (χ3n) is 3.75. The molecule has 0 radical (unpaired) electrons. The third-order valence-corrected chi connectivity index (χ3v) is 5.05. The maximum Gasteiger partial charge on any atom is 0.339 e. The predicted octanol–water partition coefficient (Wildman–Crippen LogP) is 3.89. The molecule has 0 unspecified atom stereocenters. The van der Waals surface area contributed by atoms with Gasteiger partial charge >= 0.3 is 5.97 Å². The van der Waals surface area contributed by atoms with Crippen molar-refractivity contribution in [2.45, 2.75) is 6.92 Å². The number of carboxylic acid groups (broad SMARTS) is 1. The number of amides is 1. The molecule has 27 heavy (non-hydrogen) atoms. The van der Waals surface area contributed by atoms with Gasteiger partial charge in [0.2, 0.25) is 0 Å². The first kappa shape index (κ1) is 18.9. The molecule has 1 saturated heterocycles. The van der Waals surface area contributed by atoms with E-state index in [1.54, 1.807) is 6.08 Å².